The number of aromatic amines is 1. The third kappa shape index (κ3) is 18.2. The molecule has 2 atom stereocenters. The van der Waals surface area contributed by atoms with Gasteiger partial charge in [-0.05, 0) is 32.6 Å². The molecule has 218 valence electrons. The molecule has 0 bridgehead atoms. The Morgan fingerprint density at radius 2 is 0.892 bits per heavy atom. The summed E-state index contributed by atoms with van der Waals surface area (Å²) in [7, 11) is 0. The monoisotopic (exact) mass is 518 g/mol. The van der Waals surface area contributed by atoms with Crippen LogP contribution in [-0.4, -0.2) is 4.98 Å². The molecule has 0 aromatic carbocycles. The molecule has 0 aliphatic rings. The highest BCUT2D eigenvalue weighted by atomic mass is 15.1. The maximum atomic E-state index is 3.68. The molecule has 2 heteroatoms. The summed E-state index contributed by atoms with van der Waals surface area (Å²) in [6.07, 6.45) is 41.3. The molecule has 0 aliphatic carbocycles. The second-order valence-corrected chi connectivity index (χ2v) is 12.2. The number of hydrogen-bond donors (Lipinski definition) is 1. The Balaban J connectivity index is 2.24. The van der Waals surface area contributed by atoms with Gasteiger partial charge in [-0.2, -0.15) is 0 Å². The van der Waals surface area contributed by atoms with Gasteiger partial charge in [-0.3, -0.25) is 0 Å². The van der Waals surface area contributed by atoms with Crippen LogP contribution in [0.4, 0.5) is 0 Å². The molecule has 0 fully saturated rings. The zero-order valence-corrected chi connectivity index (χ0v) is 26.1. The van der Waals surface area contributed by atoms with E-state index in [9.17, 15) is 0 Å². The summed E-state index contributed by atoms with van der Waals surface area (Å²) in [6, 6.07) is 0.622. The van der Waals surface area contributed by atoms with Crippen molar-refractivity contribution in [1.29, 1.82) is 0 Å². The number of aromatic nitrogens is 2. The maximum absolute atomic E-state index is 3.68. The van der Waals surface area contributed by atoms with E-state index in [4.69, 9.17) is 0 Å². The van der Waals surface area contributed by atoms with E-state index in [0.717, 1.165) is 0 Å². The first-order valence-corrected chi connectivity index (χ1v) is 17.3. The number of hydrogen-bond acceptors (Lipinski definition) is 0. The Hall–Kier alpha value is -0.790. The van der Waals surface area contributed by atoms with Gasteiger partial charge in [-0.25, -0.2) is 9.55 Å². The van der Waals surface area contributed by atoms with Gasteiger partial charge in [-0.15, -0.1) is 0 Å². The van der Waals surface area contributed by atoms with Crippen molar-refractivity contribution < 1.29 is 4.57 Å². The molecule has 1 heterocycles. The fraction of sp³-hybridized carbons (Fsp3) is 0.914. The molecule has 0 saturated heterocycles. The van der Waals surface area contributed by atoms with Gasteiger partial charge in [-0.1, -0.05) is 162 Å². The number of nitrogens with one attached hydrogen (secondary N) is 1. The number of imidazole rings is 1. The molecule has 2 unspecified atom stereocenters. The Morgan fingerprint density at radius 1 is 0.514 bits per heavy atom. The van der Waals surface area contributed by atoms with Gasteiger partial charge >= 0.3 is 0 Å². The second kappa shape index (κ2) is 25.5. The third-order valence-corrected chi connectivity index (χ3v) is 8.64. The van der Waals surface area contributed by atoms with Crippen molar-refractivity contribution in [2.45, 2.75) is 207 Å². The van der Waals surface area contributed by atoms with Crippen LogP contribution in [0, 0.1) is 0 Å². The molecule has 37 heavy (non-hydrogen) atoms. The zero-order valence-electron chi connectivity index (χ0n) is 26.1. The predicted molar refractivity (Wildman–Crippen MR) is 166 cm³/mol. The lowest BCUT2D eigenvalue weighted by atomic mass is 9.93. The molecule has 0 saturated carbocycles. The number of unbranched alkanes of at least 4 members (excludes halogenated alkanes) is 20. The van der Waals surface area contributed by atoms with Crippen molar-refractivity contribution in [3.05, 3.63) is 18.2 Å². The molecule has 1 aromatic rings. The van der Waals surface area contributed by atoms with Crippen LogP contribution in [0.3, 0.4) is 0 Å². The highest BCUT2D eigenvalue weighted by Crippen LogP contribution is 2.26. The predicted octanol–water partition coefficient (Wildman–Crippen LogP) is 12.1. The molecule has 0 amide bonds. The van der Waals surface area contributed by atoms with Crippen molar-refractivity contribution in [1.82, 2.24) is 4.98 Å². The van der Waals surface area contributed by atoms with E-state index < -0.39 is 0 Å². The first kappa shape index (κ1) is 34.2. The molecule has 1 aromatic heterocycles. The van der Waals surface area contributed by atoms with Gasteiger partial charge < -0.3 is 0 Å². The van der Waals surface area contributed by atoms with Crippen molar-refractivity contribution in [2.75, 3.05) is 0 Å². The summed E-state index contributed by atoms with van der Waals surface area (Å²) >= 11 is 0. The molecule has 1 N–H and O–H groups in total. The maximum Gasteiger partial charge on any atom is 0.257 e. The fourth-order valence-electron chi connectivity index (χ4n) is 6.06. The summed E-state index contributed by atoms with van der Waals surface area (Å²) in [5, 5.41) is 0. The first-order chi connectivity index (χ1) is 18.2. The zero-order chi connectivity index (χ0) is 26.8. The van der Waals surface area contributed by atoms with Crippen molar-refractivity contribution in [3.63, 3.8) is 0 Å². The van der Waals surface area contributed by atoms with E-state index in [1.165, 1.54) is 173 Å². The summed E-state index contributed by atoms with van der Waals surface area (Å²) in [5.41, 5.74) is 0. The van der Waals surface area contributed by atoms with Crippen LogP contribution >= 0.6 is 0 Å². The largest absolute Gasteiger partial charge is 0.257 e. The quantitative estimate of drug-likeness (QED) is 0.0842. The fourth-order valence-corrected chi connectivity index (χ4v) is 6.06. The SMILES string of the molecule is CCCCCCCCCCCCCCCC(C)[n+]1cc[nH]c1C(CCCC)CCCCCCCCCC. The van der Waals surface area contributed by atoms with Crippen LogP contribution in [0.5, 0.6) is 0 Å². The smallest absolute Gasteiger partial charge is 0.247 e. The molecular formula is C35H69N2+. The van der Waals surface area contributed by atoms with Crippen molar-refractivity contribution >= 4 is 0 Å². The van der Waals surface area contributed by atoms with E-state index in [1.54, 1.807) is 0 Å². The van der Waals surface area contributed by atoms with Gasteiger partial charge in [0.15, 0.2) is 0 Å². The average molecular weight is 518 g/mol. The standard InChI is InChI=1S/C35H68N2/c1-5-8-11-13-15-17-18-19-20-21-22-24-26-28-33(4)37-32-31-36-35(37)34(29-10-7-3)30-27-25-23-16-14-12-9-6-2/h31-34H,5-30H2,1-4H3/p+1. The van der Waals surface area contributed by atoms with Crippen molar-refractivity contribution in [2.24, 2.45) is 0 Å². The van der Waals surface area contributed by atoms with Crippen LogP contribution in [0.25, 0.3) is 0 Å². The Kier molecular flexibility index (Phi) is 23.6. The average Bonchev–Trinajstić information content (AvgIpc) is 3.40. The Labute approximate surface area is 234 Å². The van der Waals surface area contributed by atoms with Crippen LogP contribution < -0.4 is 4.57 Å². The minimum atomic E-state index is 0.622. The normalized spacial score (nSPS) is 13.3. The number of rotatable bonds is 28. The van der Waals surface area contributed by atoms with Gasteiger partial charge in [0, 0.05) is 0 Å². The van der Waals surface area contributed by atoms with E-state index in [1.807, 2.05) is 0 Å². The molecule has 0 spiro atoms. The molecule has 2 nitrogen and oxygen atoms in total. The minimum absolute atomic E-state index is 0.622. The lowest BCUT2D eigenvalue weighted by molar-refractivity contribution is -0.727. The number of nitrogens with zero attached hydrogens (tertiary/aromatic N) is 1. The van der Waals surface area contributed by atoms with Gasteiger partial charge in [0.05, 0.1) is 12.0 Å². The third-order valence-electron chi connectivity index (χ3n) is 8.64. The van der Waals surface area contributed by atoms with E-state index in [2.05, 4.69) is 49.6 Å². The van der Waals surface area contributed by atoms with E-state index in [-0.39, 0.29) is 0 Å². The minimum Gasteiger partial charge on any atom is -0.247 e. The summed E-state index contributed by atoms with van der Waals surface area (Å²) < 4.78 is 2.60. The van der Waals surface area contributed by atoms with Crippen LogP contribution in [0.1, 0.15) is 212 Å². The van der Waals surface area contributed by atoms with E-state index >= 15 is 0 Å². The van der Waals surface area contributed by atoms with Gasteiger partial charge in [0.25, 0.3) is 5.82 Å². The lowest BCUT2D eigenvalue weighted by Crippen LogP contribution is -2.41. The first-order valence-electron chi connectivity index (χ1n) is 17.3. The number of H-pyrrole nitrogens is 1. The Morgan fingerprint density at radius 3 is 1.35 bits per heavy atom. The van der Waals surface area contributed by atoms with E-state index in [0.29, 0.717) is 12.0 Å². The molecule has 1 rings (SSSR count). The van der Waals surface area contributed by atoms with Crippen molar-refractivity contribution in [3.8, 4) is 0 Å². The molecule has 0 radical (unpaired) electrons. The summed E-state index contributed by atoms with van der Waals surface area (Å²) in [5.74, 6) is 2.22. The van der Waals surface area contributed by atoms with Crippen LogP contribution in [0.15, 0.2) is 12.4 Å². The van der Waals surface area contributed by atoms with Gasteiger partial charge in [0.2, 0.25) is 0 Å². The lowest BCUT2D eigenvalue weighted by Gasteiger charge is -2.17. The van der Waals surface area contributed by atoms with Crippen LogP contribution in [0.2, 0.25) is 0 Å². The van der Waals surface area contributed by atoms with Crippen LogP contribution in [-0.2, 0) is 0 Å². The topological polar surface area (TPSA) is 19.7 Å². The van der Waals surface area contributed by atoms with Gasteiger partial charge in [0.1, 0.15) is 12.4 Å². The highest BCUT2D eigenvalue weighted by Gasteiger charge is 2.25. The highest BCUT2D eigenvalue weighted by molar-refractivity contribution is 4.90. The second-order valence-electron chi connectivity index (χ2n) is 12.2. The summed E-state index contributed by atoms with van der Waals surface area (Å²) in [4.78, 5) is 3.68. The Bertz CT molecular complexity index is 578. The molecular weight excluding hydrogens is 448 g/mol. The molecule has 0 aliphatic heterocycles. The summed E-state index contributed by atoms with van der Waals surface area (Å²) in [6.45, 7) is 9.40.